The zero-order chi connectivity index (χ0) is 12.1. The van der Waals surface area contributed by atoms with Gasteiger partial charge in [0, 0.05) is 17.8 Å². The maximum absolute atomic E-state index is 5.89. The van der Waals surface area contributed by atoms with Crippen molar-refractivity contribution in [3.63, 3.8) is 0 Å². The van der Waals surface area contributed by atoms with E-state index in [2.05, 4.69) is 15.2 Å². The van der Waals surface area contributed by atoms with Crippen molar-refractivity contribution in [2.75, 3.05) is 5.73 Å². The van der Waals surface area contributed by atoms with E-state index >= 15 is 0 Å². The second-order valence-corrected chi connectivity index (χ2v) is 3.72. The highest BCUT2D eigenvalue weighted by molar-refractivity contribution is 6.34. The van der Waals surface area contributed by atoms with Crippen LogP contribution in [0.25, 0.3) is 10.9 Å². The molecule has 0 amide bonds. The van der Waals surface area contributed by atoms with Gasteiger partial charge in [0.1, 0.15) is 5.82 Å². The third-order valence-electron chi connectivity index (χ3n) is 2.11. The van der Waals surface area contributed by atoms with Crippen LogP contribution in [0.5, 0.6) is 0 Å². The third-order valence-corrected chi connectivity index (χ3v) is 2.41. The SMILES string of the molecule is Clc1cccc2cccnc12.Nc1cc[nH]n1. The van der Waals surface area contributed by atoms with Crippen LogP contribution in [0.15, 0.2) is 48.8 Å². The summed E-state index contributed by atoms with van der Waals surface area (Å²) in [6.45, 7) is 0. The van der Waals surface area contributed by atoms with Crippen molar-refractivity contribution in [1.29, 1.82) is 0 Å². The van der Waals surface area contributed by atoms with Gasteiger partial charge in [-0.3, -0.25) is 10.1 Å². The summed E-state index contributed by atoms with van der Waals surface area (Å²) in [6.07, 6.45) is 3.42. The van der Waals surface area contributed by atoms with Crippen LogP contribution in [-0.4, -0.2) is 15.2 Å². The number of hydrogen-bond donors (Lipinski definition) is 2. The lowest BCUT2D eigenvalue weighted by Gasteiger charge is -1.96. The van der Waals surface area contributed by atoms with E-state index in [9.17, 15) is 0 Å². The van der Waals surface area contributed by atoms with Gasteiger partial charge in [-0.25, -0.2) is 0 Å². The molecule has 4 nitrogen and oxygen atoms in total. The molecule has 0 saturated heterocycles. The predicted octanol–water partition coefficient (Wildman–Crippen LogP) is 2.88. The average Bonchev–Trinajstić information content (AvgIpc) is 2.82. The first-order chi connectivity index (χ1) is 8.27. The van der Waals surface area contributed by atoms with E-state index in [0.717, 1.165) is 10.9 Å². The Morgan fingerprint density at radius 1 is 1.12 bits per heavy atom. The van der Waals surface area contributed by atoms with Gasteiger partial charge in [0.15, 0.2) is 0 Å². The number of H-pyrrole nitrogens is 1. The normalized spacial score (nSPS) is 9.71. The number of hydrogen-bond acceptors (Lipinski definition) is 3. The molecule has 3 N–H and O–H groups in total. The summed E-state index contributed by atoms with van der Waals surface area (Å²) in [5, 5.41) is 7.92. The Bertz CT molecular complexity index is 587. The molecule has 3 aromatic rings. The van der Waals surface area contributed by atoms with Crippen molar-refractivity contribution in [3.8, 4) is 0 Å². The smallest absolute Gasteiger partial charge is 0.145 e. The van der Waals surface area contributed by atoms with Gasteiger partial charge in [-0.1, -0.05) is 29.8 Å². The van der Waals surface area contributed by atoms with Crippen LogP contribution in [0.2, 0.25) is 5.02 Å². The van der Waals surface area contributed by atoms with E-state index in [-0.39, 0.29) is 0 Å². The molecular formula is C12H11ClN4. The van der Waals surface area contributed by atoms with E-state index in [1.807, 2.05) is 30.3 Å². The molecule has 0 spiro atoms. The first-order valence-corrected chi connectivity index (χ1v) is 5.39. The minimum Gasteiger partial charge on any atom is -0.382 e. The van der Waals surface area contributed by atoms with Gasteiger partial charge in [-0.15, -0.1) is 0 Å². The monoisotopic (exact) mass is 246 g/mol. The first-order valence-electron chi connectivity index (χ1n) is 5.02. The standard InChI is InChI=1S/C9H6ClN.C3H5N3/c10-8-5-1-3-7-4-2-6-11-9(7)8;4-3-1-2-5-6-3/h1-6H;1-2H,(H3,4,5,6). The van der Waals surface area contributed by atoms with Crippen LogP contribution in [-0.2, 0) is 0 Å². The molecule has 0 unspecified atom stereocenters. The van der Waals surface area contributed by atoms with Crippen LogP contribution in [0, 0.1) is 0 Å². The number of aromatic nitrogens is 3. The Labute approximate surface area is 103 Å². The van der Waals surface area contributed by atoms with Gasteiger partial charge in [0.2, 0.25) is 0 Å². The average molecular weight is 247 g/mol. The zero-order valence-electron chi connectivity index (χ0n) is 8.97. The number of para-hydroxylation sites is 1. The Balaban J connectivity index is 0.000000153. The van der Waals surface area contributed by atoms with Crippen molar-refractivity contribution >= 4 is 28.3 Å². The van der Waals surface area contributed by atoms with Crippen molar-refractivity contribution < 1.29 is 0 Å². The lowest BCUT2D eigenvalue weighted by molar-refractivity contribution is 1.10. The molecule has 0 aliphatic carbocycles. The van der Waals surface area contributed by atoms with Gasteiger partial charge < -0.3 is 5.73 Å². The number of aromatic amines is 1. The molecule has 0 bridgehead atoms. The van der Waals surface area contributed by atoms with E-state index < -0.39 is 0 Å². The molecule has 0 saturated carbocycles. The topological polar surface area (TPSA) is 67.6 Å². The number of nitrogens with zero attached hydrogens (tertiary/aromatic N) is 2. The van der Waals surface area contributed by atoms with Gasteiger partial charge >= 0.3 is 0 Å². The van der Waals surface area contributed by atoms with Crippen molar-refractivity contribution in [1.82, 2.24) is 15.2 Å². The highest BCUT2D eigenvalue weighted by atomic mass is 35.5. The number of nitrogens with one attached hydrogen (secondary N) is 1. The van der Waals surface area contributed by atoms with Crippen molar-refractivity contribution in [2.45, 2.75) is 0 Å². The second kappa shape index (κ2) is 5.32. The molecule has 2 aromatic heterocycles. The van der Waals surface area contributed by atoms with Gasteiger partial charge in [0.05, 0.1) is 10.5 Å². The fourth-order valence-electron chi connectivity index (χ4n) is 1.34. The number of nitrogen functional groups attached to an aromatic ring is 1. The Morgan fingerprint density at radius 2 is 1.94 bits per heavy atom. The van der Waals surface area contributed by atoms with Crippen LogP contribution in [0.3, 0.4) is 0 Å². The zero-order valence-corrected chi connectivity index (χ0v) is 9.72. The number of fused-ring (bicyclic) bond motifs is 1. The molecule has 5 heteroatoms. The number of rotatable bonds is 0. The van der Waals surface area contributed by atoms with Crippen LogP contribution < -0.4 is 5.73 Å². The first kappa shape index (κ1) is 11.4. The Hall–Kier alpha value is -2.07. The lowest BCUT2D eigenvalue weighted by Crippen LogP contribution is -1.81. The number of anilines is 1. The summed E-state index contributed by atoms with van der Waals surface area (Å²) in [5.74, 6) is 0.537. The minimum atomic E-state index is 0.537. The van der Waals surface area contributed by atoms with E-state index in [1.54, 1.807) is 18.5 Å². The fraction of sp³-hybridized carbons (Fsp3) is 0. The van der Waals surface area contributed by atoms with Crippen LogP contribution in [0.4, 0.5) is 5.82 Å². The summed E-state index contributed by atoms with van der Waals surface area (Å²) in [6, 6.07) is 11.4. The molecule has 2 heterocycles. The van der Waals surface area contributed by atoms with E-state index in [4.69, 9.17) is 17.3 Å². The minimum absolute atomic E-state index is 0.537. The highest BCUT2D eigenvalue weighted by Gasteiger charge is 1.95. The van der Waals surface area contributed by atoms with Gasteiger partial charge in [-0.05, 0) is 18.2 Å². The largest absolute Gasteiger partial charge is 0.382 e. The molecule has 0 fully saturated rings. The molecule has 0 aliphatic heterocycles. The summed E-state index contributed by atoms with van der Waals surface area (Å²) in [4.78, 5) is 4.15. The maximum atomic E-state index is 5.89. The summed E-state index contributed by atoms with van der Waals surface area (Å²) in [7, 11) is 0. The second-order valence-electron chi connectivity index (χ2n) is 3.31. The molecule has 86 valence electrons. The Kier molecular flexibility index (Phi) is 3.57. The van der Waals surface area contributed by atoms with Gasteiger partial charge in [-0.2, -0.15) is 5.10 Å². The molecule has 0 radical (unpaired) electrons. The van der Waals surface area contributed by atoms with Crippen LogP contribution in [0.1, 0.15) is 0 Å². The van der Waals surface area contributed by atoms with E-state index in [0.29, 0.717) is 10.8 Å². The Morgan fingerprint density at radius 3 is 2.53 bits per heavy atom. The number of halogens is 1. The number of pyridine rings is 1. The van der Waals surface area contributed by atoms with Crippen LogP contribution >= 0.6 is 11.6 Å². The quantitative estimate of drug-likeness (QED) is 0.641. The predicted molar refractivity (Wildman–Crippen MR) is 69.8 cm³/mol. The molecular weight excluding hydrogens is 236 g/mol. The fourth-order valence-corrected chi connectivity index (χ4v) is 1.57. The summed E-state index contributed by atoms with van der Waals surface area (Å²) < 4.78 is 0. The summed E-state index contributed by atoms with van der Waals surface area (Å²) in [5.41, 5.74) is 6.01. The van der Waals surface area contributed by atoms with Crippen molar-refractivity contribution in [3.05, 3.63) is 53.8 Å². The number of nitrogens with two attached hydrogens (primary N) is 1. The van der Waals surface area contributed by atoms with Crippen molar-refractivity contribution in [2.24, 2.45) is 0 Å². The lowest BCUT2D eigenvalue weighted by atomic mass is 10.2. The molecule has 3 rings (SSSR count). The molecule has 0 aliphatic rings. The maximum Gasteiger partial charge on any atom is 0.145 e. The summed E-state index contributed by atoms with van der Waals surface area (Å²) >= 11 is 5.89. The van der Waals surface area contributed by atoms with Gasteiger partial charge in [0.25, 0.3) is 0 Å². The third kappa shape index (κ3) is 2.95. The molecule has 17 heavy (non-hydrogen) atoms. The highest BCUT2D eigenvalue weighted by Crippen LogP contribution is 2.19. The molecule has 0 atom stereocenters. The molecule has 1 aromatic carbocycles. The number of benzene rings is 1. The van der Waals surface area contributed by atoms with E-state index in [1.165, 1.54) is 0 Å².